The Labute approximate surface area is 186 Å². The zero-order valence-electron chi connectivity index (χ0n) is 16.0. The molecule has 0 fully saturated rings. The Kier molecular flexibility index (Phi) is 8.60. The number of nitrogens with two attached hydrogens (primary N) is 1. The van der Waals surface area contributed by atoms with Crippen LogP contribution in [0.25, 0.3) is 0 Å². The second-order valence-electron chi connectivity index (χ2n) is 6.14. The van der Waals surface area contributed by atoms with Gasteiger partial charge in [-0.25, -0.2) is 0 Å². The van der Waals surface area contributed by atoms with E-state index >= 15 is 0 Å². The van der Waals surface area contributed by atoms with Crippen molar-refractivity contribution >= 4 is 48.6 Å². The van der Waals surface area contributed by atoms with Crippen molar-refractivity contribution in [2.75, 3.05) is 0 Å². The van der Waals surface area contributed by atoms with Crippen LogP contribution in [0.3, 0.4) is 0 Å². The summed E-state index contributed by atoms with van der Waals surface area (Å²) in [6.07, 6.45) is -0.591. The Bertz CT molecular complexity index is 986. The molecule has 1 heterocycles. The van der Waals surface area contributed by atoms with Crippen molar-refractivity contribution in [2.24, 2.45) is 5.73 Å². The number of benzene rings is 1. The summed E-state index contributed by atoms with van der Waals surface area (Å²) in [6, 6.07) is 7.68. The number of carboxylic acid groups (broad SMARTS) is 2. The topological polar surface area (TPSA) is 193 Å². The summed E-state index contributed by atoms with van der Waals surface area (Å²) in [5, 5.41) is 27.4. The Balaban J connectivity index is 1.86. The summed E-state index contributed by atoms with van der Waals surface area (Å²) in [5.74, 6) is -2.77. The molecule has 2 rings (SSSR count). The first-order valence-electron chi connectivity index (χ1n) is 8.79. The summed E-state index contributed by atoms with van der Waals surface area (Å²) in [4.78, 5) is 45.9. The molecule has 1 aromatic heterocycles. The molecule has 0 aliphatic carbocycles. The number of carbonyl (C=O) groups excluding carboxylic acids is 2. The normalized spacial score (nSPS) is 11.4. The number of ether oxygens (including phenoxy) is 1. The predicted molar refractivity (Wildman–Crippen MR) is 107 cm³/mol. The summed E-state index contributed by atoms with van der Waals surface area (Å²) in [7, 11) is 0. The van der Waals surface area contributed by atoms with Gasteiger partial charge in [0.25, 0.3) is 0 Å². The van der Waals surface area contributed by atoms with Crippen molar-refractivity contribution in [3.05, 3.63) is 53.5 Å². The van der Waals surface area contributed by atoms with E-state index in [0.717, 1.165) is 0 Å². The Morgan fingerprint density at radius 1 is 1.13 bits per heavy atom. The van der Waals surface area contributed by atoms with E-state index in [9.17, 15) is 19.2 Å². The van der Waals surface area contributed by atoms with Crippen LogP contribution in [-0.4, -0.2) is 64.9 Å². The third-order valence-electron chi connectivity index (χ3n) is 3.82. The first kappa shape index (κ1) is 23.9. The molecule has 12 heteroatoms. The average Bonchev–Trinajstić information content (AvgIpc) is 3.19. The average molecular weight is 545 g/mol. The number of carbonyl (C=O) groups is 4. The second-order valence-corrected chi connectivity index (χ2v) is 8.84. The van der Waals surface area contributed by atoms with Crippen LogP contribution < -0.4 is 15.8 Å². The van der Waals surface area contributed by atoms with Crippen molar-refractivity contribution in [2.45, 2.75) is 23.4 Å². The predicted octanol–water partition coefficient (Wildman–Crippen LogP) is 1.01. The monoisotopic (exact) mass is 547 g/mol. The van der Waals surface area contributed by atoms with Gasteiger partial charge in [-0.1, -0.05) is 0 Å². The quantitative estimate of drug-likeness (QED) is 0.0902. The number of aliphatic carboxylic acids is 2. The Hall–Kier alpha value is -3.36. The van der Waals surface area contributed by atoms with Gasteiger partial charge in [0, 0.05) is 0 Å². The number of furan rings is 1. The van der Waals surface area contributed by atoms with E-state index in [2.05, 4.69) is 5.32 Å². The van der Waals surface area contributed by atoms with Crippen molar-refractivity contribution in [1.82, 2.24) is 5.32 Å². The number of nitrogens with one attached hydrogen (secondary N) is 2. The van der Waals surface area contributed by atoms with E-state index in [1.165, 1.54) is 36.4 Å². The van der Waals surface area contributed by atoms with Crippen LogP contribution in [-0.2, 0) is 14.1 Å². The maximum atomic E-state index is 12.2. The molecule has 6 N–H and O–H groups in total. The molecular formula is C19H19N3O8Te. The number of rotatable bonds is 11. The zero-order chi connectivity index (χ0) is 23.0. The number of hydrogen-bond acceptors (Lipinski definition) is 7. The van der Waals surface area contributed by atoms with Gasteiger partial charge in [0.1, 0.15) is 0 Å². The molecule has 11 nitrogen and oxygen atoms in total. The van der Waals surface area contributed by atoms with Crippen LogP contribution in [0.15, 0.2) is 40.8 Å². The number of hydrogen-bond donors (Lipinski definition) is 5. The van der Waals surface area contributed by atoms with Crippen molar-refractivity contribution in [1.29, 1.82) is 5.41 Å². The van der Waals surface area contributed by atoms with E-state index < -0.39 is 48.8 Å². The fourth-order valence-corrected chi connectivity index (χ4v) is 4.14. The third-order valence-corrected chi connectivity index (χ3v) is 6.13. The second kappa shape index (κ2) is 11.1. The number of esters is 1. The van der Waals surface area contributed by atoms with Gasteiger partial charge < -0.3 is 0 Å². The molecular weight excluding hydrogens is 526 g/mol. The van der Waals surface area contributed by atoms with Crippen molar-refractivity contribution in [3.63, 3.8) is 0 Å². The maximum absolute atomic E-state index is 12.2. The fraction of sp³-hybridized carbons (Fsp3) is 0.211. The minimum absolute atomic E-state index is 0.0663. The number of amidine groups is 1. The van der Waals surface area contributed by atoms with Crippen LogP contribution in [0.4, 0.5) is 4.79 Å². The van der Waals surface area contributed by atoms with E-state index in [0.29, 0.717) is 11.3 Å². The van der Waals surface area contributed by atoms with Gasteiger partial charge in [0.05, 0.1) is 0 Å². The van der Waals surface area contributed by atoms with E-state index in [4.69, 9.17) is 30.5 Å². The van der Waals surface area contributed by atoms with Crippen LogP contribution in [0.1, 0.15) is 34.7 Å². The Morgan fingerprint density at radius 3 is 2.39 bits per heavy atom. The van der Waals surface area contributed by atoms with Crippen LogP contribution in [0.5, 0.6) is 5.75 Å². The molecule has 2 aromatic rings. The summed E-state index contributed by atoms with van der Waals surface area (Å²) in [5.41, 5.74) is 5.84. The summed E-state index contributed by atoms with van der Waals surface area (Å²) in [6.45, 7) is 0. The summed E-state index contributed by atoms with van der Waals surface area (Å²) < 4.78 is 10.3. The zero-order valence-corrected chi connectivity index (χ0v) is 18.3. The molecule has 164 valence electrons. The molecule has 1 aromatic carbocycles. The molecule has 0 saturated heterocycles. The molecule has 0 unspecified atom stereocenters. The Morgan fingerprint density at radius 2 is 1.81 bits per heavy atom. The van der Waals surface area contributed by atoms with Gasteiger partial charge >= 0.3 is 186 Å². The number of amides is 1. The minimum atomic E-state index is -1.41. The fourth-order valence-electron chi connectivity index (χ4n) is 2.27. The van der Waals surface area contributed by atoms with Crippen molar-refractivity contribution < 1.29 is 38.5 Å². The van der Waals surface area contributed by atoms with Gasteiger partial charge in [-0.3, -0.25) is 0 Å². The molecule has 31 heavy (non-hydrogen) atoms. The standard InChI is InChI=1S/C19H19N3O8Te/c20-16(21)10-1-3-11(4-2-10)30-18(27)14-7-5-12(29-14)9-31-19(28)22-13(17(25)26)6-8-15(23)24/h1-5,7,13H,6,8-9H2,(H3,20,21)(H,22,28)(H,23,24)(H,25,26)/t13-/m1/s1. The van der Waals surface area contributed by atoms with Gasteiger partial charge in [-0.05, 0) is 0 Å². The van der Waals surface area contributed by atoms with Gasteiger partial charge in [-0.2, -0.15) is 0 Å². The van der Waals surface area contributed by atoms with Crippen LogP contribution >= 0.6 is 0 Å². The molecule has 0 radical (unpaired) electrons. The van der Waals surface area contributed by atoms with Crippen LogP contribution in [0, 0.1) is 5.41 Å². The molecule has 0 bridgehead atoms. The van der Waals surface area contributed by atoms with E-state index in [1.807, 2.05) is 0 Å². The first-order chi connectivity index (χ1) is 14.7. The first-order valence-corrected chi connectivity index (χ1v) is 11.6. The molecule has 1 amide bonds. The molecule has 0 saturated carbocycles. The molecule has 1 atom stereocenters. The number of nitrogen functional groups attached to an aromatic ring is 1. The van der Waals surface area contributed by atoms with E-state index in [1.54, 1.807) is 0 Å². The SMILES string of the molecule is N=C(N)c1ccc(OC(=O)c2ccc(C[Te]C(=O)N[C@H](CCC(=O)O)C(=O)O)o2)cc1. The van der Waals surface area contributed by atoms with Crippen LogP contribution in [0.2, 0.25) is 0 Å². The molecule has 0 spiro atoms. The molecule has 0 aliphatic rings. The van der Waals surface area contributed by atoms with Gasteiger partial charge in [0.15, 0.2) is 0 Å². The van der Waals surface area contributed by atoms with Crippen molar-refractivity contribution in [3.8, 4) is 5.75 Å². The third kappa shape index (κ3) is 7.76. The van der Waals surface area contributed by atoms with Gasteiger partial charge in [0.2, 0.25) is 0 Å². The van der Waals surface area contributed by atoms with Gasteiger partial charge in [-0.15, -0.1) is 0 Å². The number of carboxylic acids is 2. The summed E-state index contributed by atoms with van der Waals surface area (Å²) >= 11 is -1.41. The molecule has 0 aliphatic heterocycles. The van der Waals surface area contributed by atoms with E-state index in [-0.39, 0.29) is 34.7 Å².